The second kappa shape index (κ2) is 4.77. The first kappa shape index (κ1) is 12.2. The molecule has 3 heterocycles. The van der Waals surface area contributed by atoms with Crippen LogP contribution in [0.25, 0.3) is 11.0 Å². The van der Waals surface area contributed by atoms with E-state index in [1.165, 1.54) is 0 Å². The third-order valence-corrected chi connectivity index (χ3v) is 4.07. The summed E-state index contributed by atoms with van der Waals surface area (Å²) in [4.78, 5) is 25.5. The maximum atomic E-state index is 12.6. The Balaban J connectivity index is 1.68. The minimum Gasteiger partial charge on any atom is -0.357 e. The van der Waals surface area contributed by atoms with Gasteiger partial charge in [0.25, 0.3) is 5.91 Å². The van der Waals surface area contributed by atoms with Gasteiger partial charge in [0.05, 0.1) is 17.1 Å². The van der Waals surface area contributed by atoms with E-state index >= 15 is 0 Å². The lowest BCUT2D eigenvalue weighted by Gasteiger charge is -2.22. The number of hydrogen-bond acceptors (Lipinski definition) is 2. The molecule has 1 atom stereocenters. The van der Waals surface area contributed by atoms with Crippen LogP contribution in [0.15, 0.2) is 42.6 Å². The van der Waals surface area contributed by atoms with Crippen molar-refractivity contribution in [2.24, 2.45) is 0 Å². The van der Waals surface area contributed by atoms with E-state index in [0.29, 0.717) is 5.69 Å². The highest BCUT2D eigenvalue weighted by Crippen LogP contribution is 2.32. The molecule has 1 aliphatic rings. The molecule has 1 aliphatic heterocycles. The van der Waals surface area contributed by atoms with Crippen LogP contribution < -0.4 is 0 Å². The number of nitrogens with one attached hydrogen (secondary N) is 2. The molecule has 0 spiro atoms. The summed E-state index contributed by atoms with van der Waals surface area (Å²) < 4.78 is 0. The van der Waals surface area contributed by atoms with Crippen molar-refractivity contribution in [3.63, 3.8) is 0 Å². The Labute approximate surface area is 122 Å². The number of hydrogen-bond donors (Lipinski definition) is 2. The summed E-state index contributed by atoms with van der Waals surface area (Å²) in [5.74, 6) is 0.927. The van der Waals surface area contributed by atoms with Gasteiger partial charge in [-0.1, -0.05) is 12.1 Å². The van der Waals surface area contributed by atoms with E-state index in [9.17, 15) is 4.79 Å². The molecule has 4 rings (SSSR count). The second-order valence-electron chi connectivity index (χ2n) is 5.38. The second-order valence-corrected chi connectivity index (χ2v) is 5.38. The lowest BCUT2D eigenvalue weighted by Crippen LogP contribution is -2.31. The number of aromatic nitrogens is 3. The first-order valence-corrected chi connectivity index (χ1v) is 7.22. The monoisotopic (exact) mass is 280 g/mol. The summed E-state index contributed by atoms with van der Waals surface area (Å²) in [6.45, 7) is 0.777. The summed E-state index contributed by atoms with van der Waals surface area (Å²) in [6.07, 6.45) is 3.74. The van der Waals surface area contributed by atoms with Gasteiger partial charge in [0.15, 0.2) is 0 Å². The molecule has 1 amide bonds. The highest BCUT2D eigenvalue weighted by molar-refractivity contribution is 5.93. The molecule has 0 aliphatic carbocycles. The highest BCUT2D eigenvalue weighted by atomic mass is 16.2. The van der Waals surface area contributed by atoms with Crippen molar-refractivity contribution in [1.29, 1.82) is 0 Å². The summed E-state index contributed by atoms with van der Waals surface area (Å²) in [5.41, 5.74) is 2.61. The highest BCUT2D eigenvalue weighted by Gasteiger charge is 2.32. The van der Waals surface area contributed by atoms with E-state index in [-0.39, 0.29) is 11.9 Å². The van der Waals surface area contributed by atoms with Gasteiger partial charge >= 0.3 is 0 Å². The Kier molecular flexibility index (Phi) is 2.77. The minimum atomic E-state index is 0.0354. The Morgan fingerprint density at radius 3 is 2.95 bits per heavy atom. The lowest BCUT2D eigenvalue weighted by atomic mass is 10.2. The van der Waals surface area contributed by atoms with Crippen LogP contribution in [0.5, 0.6) is 0 Å². The molecular formula is C16H16N4O. The van der Waals surface area contributed by atoms with E-state index in [0.717, 1.165) is 36.2 Å². The maximum absolute atomic E-state index is 12.6. The van der Waals surface area contributed by atoms with Crippen LogP contribution in [0, 0.1) is 0 Å². The van der Waals surface area contributed by atoms with Gasteiger partial charge in [0.1, 0.15) is 11.5 Å². The van der Waals surface area contributed by atoms with Crippen molar-refractivity contribution in [3.05, 3.63) is 54.1 Å². The predicted octanol–water partition coefficient (Wildman–Crippen LogP) is 2.87. The molecule has 1 fully saturated rings. The average molecular weight is 280 g/mol. The molecule has 3 aromatic rings. The molecule has 5 nitrogen and oxygen atoms in total. The Hall–Kier alpha value is -2.56. The Bertz CT molecular complexity index is 742. The lowest BCUT2D eigenvalue weighted by molar-refractivity contribution is 0.0725. The van der Waals surface area contributed by atoms with Crippen LogP contribution in [0.4, 0.5) is 0 Å². The number of imidazole rings is 1. The number of likely N-dealkylation sites (tertiary alicyclic amines) is 1. The third-order valence-electron chi connectivity index (χ3n) is 4.07. The van der Waals surface area contributed by atoms with Gasteiger partial charge in [0, 0.05) is 12.7 Å². The van der Waals surface area contributed by atoms with E-state index in [1.54, 1.807) is 6.20 Å². The topological polar surface area (TPSA) is 64.8 Å². The number of aromatic amines is 2. The van der Waals surface area contributed by atoms with E-state index in [1.807, 2.05) is 41.3 Å². The van der Waals surface area contributed by atoms with E-state index < -0.39 is 0 Å². The van der Waals surface area contributed by atoms with Gasteiger partial charge in [-0.15, -0.1) is 0 Å². The normalized spacial score (nSPS) is 18.5. The predicted molar refractivity (Wildman–Crippen MR) is 79.9 cm³/mol. The molecule has 5 heteroatoms. The summed E-state index contributed by atoms with van der Waals surface area (Å²) >= 11 is 0. The first-order chi connectivity index (χ1) is 10.3. The molecule has 2 N–H and O–H groups in total. The standard InChI is InChI=1S/C16H16N4O/c21-16(13-7-3-9-17-13)20-10-4-8-14(20)15-18-11-5-1-2-6-12(11)19-15/h1-3,5-7,9,14,17H,4,8,10H2,(H,18,19). The number of benzene rings is 1. The third kappa shape index (κ3) is 2.01. The largest absolute Gasteiger partial charge is 0.357 e. The Morgan fingerprint density at radius 1 is 1.24 bits per heavy atom. The zero-order valence-electron chi connectivity index (χ0n) is 11.5. The number of carbonyl (C=O) groups is 1. The van der Waals surface area contributed by atoms with Crippen LogP contribution >= 0.6 is 0 Å². The average Bonchev–Trinajstić information content (AvgIpc) is 3.24. The van der Waals surface area contributed by atoms with Crippen LogP contribution in [0.1, 0.15) is 35.2 Å². The molecule has 21 heavy (non-hydrogen) atoms. The Morgan fingerprint density at radius 2 is 2.14 bits per heavy atom. The summed E-state index contributed by atoms with van der Waals surface area (Å²) in [5, 5.41) is 0. The fourth-order valence-corrected chi connectivity index (χ4v) is 3.04. The number of carbonyl (C=O) groups excluding carboxylic acids is 1. The summed E-state index contributed by atoms with van der Waals surface area (Å²) in [7, 11) is 0. The zero-order valence-corrected chi connectivity index (χ0v) is 11.5. The van der Waals surface area contributed by atoms with Gasteiger partial charge < -0.3 is 14.9 Å². The van der Waals surface area contributed by atoms with Gasteiger partial charge in [-0.25, -0.2) is 4.98 Å². The number of amides is 1. The molecule has 0 bridgehead atoms. The van der Waals surface area contributed by atoms with Gasteiger partial charge in [-0.2, -0.15) is 0 Å². The van der Waals surface area contributed by atoms with Gasteiger partial charge in [-0.3, -0.25) is 4.79 Å². The van der Waals surface area contributed by atoms with Crippen LogP contribution in [-0.2, 0) is 0 Å². The van der Waals surface area contributed by atoms with Crippen molar-refractivity contribution < 1.29 is 4.79 Å². The summed E-state index contributed by atoms with van der Waals surface area (Å²) in [6, 6.07) is 11.7. The van der Waals surface area contributed by atoms with Crippen molar-refractivity contribution >= 4 is 16.9 Å². The van der Waals surface area contributed by atoms with Crippen molar-refractivity contribution in [1.82, 2.24) is 19.9 Å². The molecule has 0 radical (unpaired) electrons. The van der Waals surface area contributed by atoms with Crippen LogP contribution in [-0.4, -0.2) is 32.3 Å². The van der Waals surface area contributed by atoms with Crippen molar-refractivity contribution in [2.45, 2.75) is 18.9 Å². The molecule has 1 aromatic carbocycles. The fourth-order valence-electron chi connectivity index (χ4n) is 3.04. The van der Waals surface area contributed by atoms with Gasteiger partial charge in [0.2, 0.25) is 0 Å². The van der Waals surface area contributed by atoms with E-state index in [4.69, 9.17) is 0 Å². The maximum Gasteiger partial charge on any atom is 0.270 e. The molecule has 106 valence electrons. The van der Waals surface area contributed by atoms with Crippen molar-refractivity contribution in [2.75, 3.05) is 6.54 Å². The van der Waals surface area contributed by atoms with Crippen LogP contribution in [0.2, 0.25) is 0 Å². The SMILES string of the molecule is O=C(c1ccc[nH]1)N1CCCC1c1nc2ccccc2[nH]1. The molecule has 1 saturated heterocycles. The van der Waals surface area contributed by atoms with Crippen molar-refractivity contribution in [3.8, 4) is 0 Å². The quantitative estimate of drug-likeness (QED) is 0.758. The first-order valence-electron chi connectivity index (χ1n) is 7.22. The molecular weight excluding hydrogens is 264 g/mol. The number of nitrogens with zero attached hydrogens (tertiary/aromatic N) is 2. The molecule has 0 saturated carbocycles. The van der Waals surface area contributed by atoms with Gasteiger partial charge in [-0.05, 0) is 37.1 Å². The number of rotatable bonds is 2. The minimum absolute atomic E-state index is 0.0354. The number of H-pyrrole nitrogens is 2. The smallest absolute Gasteiger partial charge is 0.270 e. The molecule has 2 aromatic heterocycles. The molecule has 1 unspecified atom stereocenters. The number of para-hydroxylation sites is 2. The zero-order chi connectivity index (χ0) is 14.2. The fraction of sp³-hybridized carbons (Fsp3) is 0.250. The van der Waals surface area contributed by atoms with E-state index in [2.05, 4.69) is 15.0 Å². The van der Waals surface area contributed by atoms with Crippen LogP contribution in [0.3, 0.4) is 0 Å². The number of fused-ring (bicyclic) bond motifs is 1.